The number of carbonyl (C=O) groups is 2. The highest BCUT2D eigenvalue weighted by molar-refractivity contribution is 6.01. The van der Waals surface area contributed by atoms with E-state index in [0.29, 0.717) is 6.07 Å². The van der Waals surface area contributed by atoms with Crippen molar-refractivity contribution in [1.29, 1.82) is 0 Å². The molecule has 0 amide bonds. The van der Waals surface area contributed by atoms with E-state index in [4.69, 9.17) is 5.11 Å². The Hall–Kier alpha value is -1.92. The van der Waals surface area contributed by atoms with Crippen molar-refractivity contribution >= 4 is 11.8 Å². The summed E-state index contributed by atoms with van der Waals surface area (Å²) in [6.45, 7) is 0. The van der Waals surface area contributed by atoms with Gasteiger partial charge in [0.1, 0.15) is 11.2 Å². The van der Waals surface area contributed by atoms with Gasteiger partial charge in [-0.05, 0) is 12.1 Å². The zero-order valence-electron chi connectivity index (χ0n) is 8.99. The number of halogens is 3. The lowest BCUT2D eigenvalue weighted by Gasteiger charge is -2.35. The second-order valence-corrected chi connectivity index (χ2v) is 4.21. The normalized spacial score (nSPS) is 18.3. The first-order valence-corrected chi connectivity index (χ1v) is 5.04. The highest BCUT2D eigenvalue weighted by atomic mass is 19.4. The molecule has 18 heavy (non-hydrogen) atoms. The molecule has 1 fully saturated rings. The standard InChI is InChI=1S/C11H8F3NO3/c12-11(13,14)6-1-2-15-8(3-6)10(9(17)18)4-7(16)5-10/h1-3H,4-5H2,(H,17,18). The molecule has 0 bridgehead atoms. The minimum absolute atomic E-state index is 0.218. The Bertz CT molecular complexity index is 517. The Morgan fingerprint density at radius 1 is 1.39 bits per heavy atom. The summed E-state index contributed by atoms with van der Waals surface area (Å²) < 4.78 is 37.5. The van der Waals surface area contributed by atoms with Gasteiger partial charge in [-0.15, -0.1) is 0 Å². The molecule has 2 rings (SSSR count). The highest BCUT2D eigenvalue weighted by Crippen LogP contribution is 2.42. The van der Waals surface area contributed by atoms with Crippen molar-refractivity contribution < 1.29 is 27.9 Å². The molecular weight excluding hydrogens is 251 g/mol. The number of ketones is 1. The summed E-state index contributed by atoms with van der Waals surface area (Å²) >= 11 is 0. The average Bonchev–Trinajstić information content (AvgIpc) is 2.23. The summed E-state index contributed by atoms with van der Waals surface area (Å²) in [5, 5.41) is 9.08. The molecule has 1 aromatic heterocycles. The number of pyridine rings is 1. The van der Waals surface area contributed by atoms with E-state index in [1.54, 1.807) is 0 Å². The first kappa shape index (κ1) is 12.5. The molecule has 1 aliphatic carbocycles. The molecule has 1 aromatic rings. The number of alkyl halides is 3. The molecule has 1 aliphatic rings. The lowest BCUT2D eigenvalue weighted by atomic mass is 9.65. The Labute approximate surface area is 99.4 Å². The van der Waals surface area contributed by atoms with Crippen LogP contribution in [0.3, 0.4) is 0 Å². The number of Topliss-reactive ketones (excluding diaryl/α,β-unsaturated/α-hetero) is 1. The molecule has 0 spiro atoms. The van der Waals surface area contributed by atoms with Gasteiger partial charge in [-0.1, -0.05) is 0 Å². The van der Waals surface area contributed by atoms with Crippen molar-refractivity contribution in [1.82, 2.24) is 4.98 Å². The van der Waals surface area contributed by atoms with Crippen molar-refractivity contribution in [3.63, 3.8) is 0 Å². The van der Waals surface area contributed by atoms with E-state index in [9.17, 15) is 22.8 Å². The van der Waals surface area contributed by atoms with Crippen LogP contribution in [0.1, 0.15) is 24.1 Å². The van der Waals surface area contributed by atoms with Crippen LogP contribution in [0.15, 0.2) is 18.3 Å². The number of rotatable bonds is 2. The molecule has 0 atom stereocenters. The third-order valence-electron chi connectivity index (χ3n) is 2.98. The maximum Gasteiger partial charge on any atom is 0.416 e. The van der Waals surface area contributed by atoms with Crippen LogP contribution in [0.2, 0.25) is 0 Å². The molecule has 1 heterocycles. The first-order chi connectivity index (χ1) is 8.25. The van der Waals surface area contributed by atoms with E-state index in [2.05, 4.69) is 4.98 Å². The topological polar surface area (TPSA) is 67.3 Å². The van der Waals surface area contributed by atoms with Gasteiger partial charge in [-0.2, -0.15) is 13.2 Å². The third-order valence-corrected chi connectivity index (χ3v) is 2.98. The van der Waals surface area contributed by atoms with Crippen LogP contribution in [0.25, 0.3) is 0 Å². The zero-order chi connectivity index (χ0) is 13.6. The van der Waals surface area contributed by atoms with E-state index in [-0.39, 0.29) is 24.3 Å². The van der Waals surface area contributed by atoms with Gasteiger partial charge in [0.2, 0.25) is 0 Å². The number of nitrogens with zero attached hydrogens (tertiary/aromatic N) is 1. The van der Waals surface area contributed by atoms with E-state index in [1.807, 2.05) is 0 Å². The predicted molar refractivity (Wildman–Crippen MR) is 52.8 cm³/mol. The van der Waals surface area contributed by atoms with Gasteiger partial charge in [-0.3, -0.25) is 14.6 Å². The van der Waals surface area contributed by atoms with Crippen molar-refractivity contribution in [2.75, 3.05) is 0 Å². The number of carboxylic acid groups (broad SMARTS) is 1. The van der Waals surface area contributed by atoms with Gasteiger partial charge in [0.25, 0.3) is 0 Å². The van der Waals surface area contributed by atoms with Gasteiger partial charge in [0.15, 0.2) is 0 Å². The fraction of sp³-hybridized carbons (Fsp3) is 0.364. The molecule has 0 unspecified atom stereocenters. The number of aromatic nitrogens is 1. The van der Waals surface area contributed by atoms with Crippen LogP contribution < -0.4 is 0 Å². The molecule has 0 radical (unpaired) electrons. The maximum absolute atomic E-state index is 12.5. The molecule has 0 aromatic carbocycles. The van der Waals surface area contributed by atoms with Crippen LogP contribution >= 0.6 is 0 Å². The van der Waals surface area contributed by atoms with E-state index in [0.717, 1.165) is 12.3 Å². The van der Waals surface area contributed by atoms with Gasteiger partial charge in [0, 0.05) is 19.0 Å². The molecule has 0 saturated heterocycles. The van der Waals surface area contributed by atoms with Gasteiger partial charge in [-0.25, -0.2) is 0 Å². The van der Waals surface area contributed by atoms with Gasteiger partial charge >= 0.3 is 12.1 Å². The number of carboxylic acids is 1. The lowest BCUT2D eigenvalue weighted by molar-refractivity contribution is -0.153. The number of carbonyl (C=O) groups excluding carboxylic acids is 1. The maximum atomic E-state index is 12.5. The van der Waals surface area contributed by atoms with Crippen LogP contribution in [-0.2, 0) is 21.2 Å². The smallest absolute Gasteiger partial charge is 0.416 e. The largest absolute Gasteiger partial charge is 0.481 e. The molecule has 1 N–H and O–H groups in total. The number of hydrogen-bond donors (Lipinski definition) is 1. The van der Waals surface area contributed by atoms with Crippen molar-refractivity contribution in [2.24, 2.45) is 0 Å². The molecule has 7 heteroatoms. The zero-order valence-corrected chi connectivity index (χ0v) is 8.99. The van der Waals surface area contributed by atoms with Crippen LogP contribution in [0.4, 0.5) is 13.2 Å². The summed E-state index contributed by atoms with van der Waals surface area (Å²) in [5.41, 5.74) is -2.78. The van der Waals surface area contributed by atoms with Crippen LogP contribution in [0, 0.1) is 0 Å². The van der Waals surface area contributed by atoms with Crippen molar-refractivity contribution in [3.05, 3.63) is 29.6 Å². The summed E-state index contributed by atoms with van der Waals surface area (Å²) in [6, 6.07) is 1.46. The second-order valence-electron chi connectivity index (χ2n) is 4.21. The lowest BCUT2D eigenvalue weighted by Crippen LogP contribution is -2.49. The molecule has 0 aliphatic heterocycles. The third kappa shape index (κ3) is 1.85. The molecular formula is C11H8F3NO3. The fourth-order valence-electron chi connectivity index (χ4n) is 1.93. The van der Waals surface area contributed by atoms with E-state index >= 15 is 0 Å². The second kappa shape index (κ2) is 3.79. The average molecular weight is 259 g/mol. The monoisotopic (exact) mass is 259 g/mol. The summed E-state index contributed by atoms with van der Waals surface area (Å²) in [7, 11) is 0. The predicted octanol–water partition coefficient (Wildman–Crippen LogP) is 1.79. The van der Waals surface area contributed by atoms with E-state index in [1.165, 1.54) is 0 Å². The Morgan fingerprint density at radius 2 is 2.00 bits per heavy atom. The Kier molecular flexibility index (Phi) is 2.64. The quantitative estimate of drug-likeness (QED) is 0.879. The summed E-state index contributed by atoms with van der Waals surface area (Å²) in [6.07, 6.45) is -4.27. The van der Waals surface area contributed by atoms with Crippen LogP contribution in [0.5, 0.6) is 0 Å². The van der Waals surface area contributed by atoms with Crippen molar-refractivity contribution in [2.45, 2.75) is 24.4 Å². The first-order valence-electron chi connectivity index (χ1n) is 5.04. The van der Waals surface area contributed by atoms with E-state index < -0.39 is 23.1 Å². The molecule has 96 valence electrons. The summed E-state index contributed by atoms with van der Waals surface area (Å²) in [4.78, 5) is 25.8. The Balaban J connectivity index is 2.45. The van der Waals surface area contributed by atoms with Gasteiger partial charge < -0.3 is 5.11 Å². The molecule has 1 saturated carbocycles. The van der Waals surface area contributed by atoms with Crippen molar-refractivity contribution in [3.8, 4) is 0 Å². The minimum atomic E-state index is -4.56. The number of aliphatic carboxylic acids is 1. The molecule has 4 nitrogen and oxygen atoms in total. The minimum Gasteiger partial charge on any atom is -0.481 e. The highest BCUT2D eigenvalue weighted by Gasteiger charge is 2.53. The Morgan fingerprint density at radius 3 is 2.44 bits per heavy atom. The SMILES string of the molecule is O=C1CC(C(=O)O)(c2cc(C(F)(F)F)ccn2)C1. The fourth-order valence-corrected chi connectivity index (χ4v) is 1.93. The summed E-state index contributed by atoms with van der Waals surface area (Å²) in [5.74, 6) is -1.62. The number of hydrogen-bond acceptors (Lipinski definition) is 3. The van der Waals surface area contributed by atoms with Crippen LogP contribution in [-0.4, -0.2) is 21.8 Å². The van der Waals surface area contributed by atoms with Gasteiger partial charge in [0.05, 0.1) is 11.3 Å².